The van der Waals surface area contributed by atoms with Crippen LogP contribution in [0.3, 0.4) is 0 Å². The molecule has 0 aliphatic carbocycles. The summed E-state index contributed by atoms with van der Waals surface area (Å²) in [7, 11) is 0. The number of halogens is 1. The van der Waals surface area contributed by atoms with Crippen molar-refractivity contribution in [2.24, 2.45) is 0 Å². The zero-order valence-corrected chi connectivity index (χ0v) is 12.3. The predicted molar refractivity (Wildman–Crippen MR) is 80.4 cm³/mol. The van der Waals surface area contributed by atoms with Gasteiger partial charge >= 0.3 is 0 Å². The van der Waals surface area contributed by atoms with Crippen LogP contribution in [0.2, 0.25) is 5.15 Å². The van der Waals surface area contributed by atoms with E-state index in [-0.39, 0.29) is 5.56 Å². The minimum absolute atomic E-state index is 0.121. The molecule has 0 saturated carbocycles. The monoisotopic (exact) mass is 292 g/mol. The van der Waals surface area contributed by atoms with Crippen LogP contribution in [0, 0.1) is 0 Å². The normalized spacial score (nSPS) is 10.6. The smallest absolute Gasteiger partial charge is 0.269 e. The van der Waals surface area contributed by atoms with Gasteiger partial charge in [0, 0.05) is 25.4 Å². The topological polar surface area (TPSA) is 51.0 Å². The van der Waals surface area contributed by atoms with Gasteiger partial charge in [-0.05, 0) is 25.5 Å². The van der Waals surface area contributed by atoms with Gasteiger partial charge in [0.25, 0.3) is 5.56 Å². The van der Waals surface area contributed by atoms with Gasteiger partial charge in [0.1, 0.15) is 5.15 Å². The van der Waals surface area contributed by atoms with Crippen molar-refractivity contribution >= 4 is 17.3 Å². The average molecular weight is 293 g/mol. The molecule has 0 unspecified atom stereocenters. The molecular formula is C14H17ClN4O. The van der Waals surface area contributed by atoms with Crippen molar-refractivity contribution in [1.29, 1.82) is 0 Å². The fourth-order valence-corrected chi connectivity index (χ4v) is 2.09. The van der Waals surface area contributed by atoms with Crippen LogP contribution in [-0.4, -0.2) is 27.9 Å². The minimum Gasteiger partial charge on any atom is -0.371 e. The molecule has 2 heterocycles. The first-order valence-electron chi connectivity index (χ1n) is 6.56. The van der Waals surface area contributed by atoms with Crippen LogP contribution in [0.25, 0.3) is 0 Å². The van der Waals surface area contributed by atoms with Gasteiger partial charge in [-0.3, -0.25) is 4.79 Å². The van der Waals surface area contributed by atoms with E-state index in [1.165, 1.54) is 4.68 Å². The van der Waals surface area contributed by atoms with E-state index >= 15 is 0 Å². The molecule has 2 rings (SSSR count). The van der Waals surface area contributed by atoms with Gasteiger partial charge in [-0.25, -0.2) is 9.67 Å². The van der Waals surface area contributed by atoms with Crippen molar-refractivity contribution in [2.45, 2.75) is 20.4 Å². The highest BCUT2D eigenvalue weighted by molar-refractivity contribution is 6.29. The van der Waals surface area contributed by atoms with Gasteiger partial charge < -0.3 is 4.90 Å². The van der Waals surface area contributed by atoms with Gasteiger partial charge in [-0.15, -0.1) is 0 Å². The Morgan fingerprint density at radius 1 is 1.25 bits per heavy atom. The second kappa shape index (κ2) is 6.52. The molecular weight excluding hydrogens is 276 g/mol. The first-order chi connectivity index (χ1) is 9.63. The summed E-state index contributed by atoms with van der Waals surface area (Å²) in [5.74, 6) is 0. The Morgan fingerprint density at radius 3 is 2.55 bits per heavy atom. The molecule has 20 heavy (non-hydrogen) atoms. The van der Waals surface area contributed by atoms with E-state index in [0.717, 1.165) is 24.3 Å². The molecule has 0 aliphatic rings. The summed E-state index contributed by atoms with van der Waals surface area (Å²) < 4.78 is 1.41. The third kappa shape index (κ3) is 3.36. The lowest BCUT2D eigenvalue weighted by Crippen LogP contribution is -2.28. The number of hydrogen-bond acceptors (Lipinski definition) is 4. The Morgan fingerprint density at radius 2 is 2.00 bits per heavy atom. The Balaban J connectivity index is 2.22. The Labute approximate surface area is 122 Å². The Kier molecular flexibility index (Phi) is 4.74. The lowest BCUT2D eigenvalue weighted by molar-refractivity contribution is 0.635. The van der Waals surface area contributed by atoms with Crippen LogP contribution in [-0.2, 0) is 6.54 Å². The zero-order valence-electron chi connectivity index (χ0n) is 11.6. The van der Waals surface area contributed by atoms with E-state index in [1.54, 1.807) is 24.5 Å². The molecule has 0 aliphatic heterocycles. The maximum absolute atomic E-state index is 12.1. The maximum atomic E-state index is 12.1. The highest BCUT2D eigenvalue weighted by Gasteiger charge is 2.06. The summed E-state index contributed by atoms with van der Waals surface area (Å²) >= 11 is 5.73. The molecule has 0 N–H and O–H groups in total. The molecule has 0 saturated heterocycles. The van der Waals surface area contributed by atoms with Crippen LogP contribution < -0.4 is 10.5 Å². The molecule has 2 aromatic rings. The molecule has 0 aromatic carbocycles. The minimum atomic E-state index is -0.121. The third-order valence-electron chi connectivity index (χ3n) is 3.10. The molecule has 0 spiro atoms. The fraction of sp³-hybridized carbons (Fsp3) is 0.357. The number of hydrogen-bond donors (Lipinski definition) is 0. The van der Waals surface area contributed by atoms with Gasteiger partial charge in [-0.1, -0.05) is 17.7 Å². The first kappa shape index (κ1) is 14.5. The molecule has 0 bridgehead atoms. The summed E-state index contributed by atoms with van der Waals surface area (Å²) in [6.45, 7) is 6.19. The second-order valence-electron chi connectivity index (χ2n) is 4.37. The molecule has 106 valence electrons. The third-order valence-corrected chi connectivity index (χ3v) is 3.33. The van der Waals surface area contributed by atoms with E-state index in [9.17, 15) is 4.79 Å². The van der Waals surface area contributed by atoms with Crippen molar-refractivity contribution in [2.75, 3.05) is 18.0 Å². The standard InChI is InChI=1S/C14H17ClN4O/c1-3-18(4-2)12-7-14(20)19(17-9-12)10-11-5-6-13(15)16-8-11/h5-9H,3-4,10H2,1-2H3. The van der Waals surface area contributed by atoms with Gasteiger partial charge in [0.15, 0.2) is 0 Å². The average Bonchev–Trinajstić information content (AvgIpc) is 2.45. The van der Waals surface area contributed by atoms with Crippen LogP contribution in [0.15, 0.2) is 35.4 Å². The maximum Gasteiger partial charge on any atom is 0.269 e. The van der Waals surface area contributed by atoms with E-state index in [1.807, 2.05) is 6.07 Å². The highest BCUT2D eigenvalue weighted by Crippen LogP contribution is 2.09. The van der Waals surface area contributed by atoms with Crippen molar-refractivity contribution in [3.63, 3.8) is 0 Å². The van der Waals surface area contributed by atoms with Gasteiger partial charge in [0.05, 0.1) is 18.4 Å². The molecule has 6 heteroatoms. The number of anilines is 1. The molecule has 0 fully saturated rings. The summed E-state index contributed by atoms with van der Waals surface area (Å²) in [6, 6.07) is 5.15. The van der Waals surface area contributed by atoms with E-state index < -0.39 is 0 Å². The Hall–Kier alpha value is -1.88. The number of rotatable bonds is 5. The predicted octanol–water partition coefficient (Wildman–Crippen LogP) is 2.19. The molecule has 0 atom stereocenters. The van der Waals surface area contributed by atoms with Crippen LogP contribution in [0.1, 0.15) is 19.4 Å². The van der Waals surface area contributed by atoms with Crippen molar-refractivity contribution < 1.29 is 0 Å². The van der Waals surface area contributed by atoms with Gasteiger partial charge in [-0.2, -0.15) is 5.10 Å². The molecule has 2 aromatic heterocycles. The second-order valence-corrected chi connectivity index (χ2v) is 4.76. The van der Waals surface area contributed by atoms with Crippen molar-refractivity contribution in [1.82, 2.24) is 14.8 Å². The SMILES string of the molecule is CCN(CC)c1cnn(Cc2ccc(Cl)nc2)c(=O)c1. The summed E-state index contributed by atoms with van der Waals surface area (Å²) in [4.78, 5) is 18.2. The lowest BCUT2D eigenvalue weighted by Gasteiger charge is -2.20. The van der Waals surface area contributed by atoms with Crippen LogP contribution >= 0.6 is 11.6 Å². The molecule has 0 radical (unpaired) electrons. The first-order valence-corrected chi connectivity index (χ1v) is 6.94. The summed E-state index contributed by atoms with van der Waals surface area (Å²) in [5, 5.41) is 4.65. The Bertz CT molecular complexity index is 620. The zero-order chi connectivity index (χ0) is 14.5. The number of pyridine rings is 1. The van der Waals surface area contributed by atoms with E-state index in [2.05, 4.69) is 28.8 Å². The summed E-state index contributed by atoms with van der Waals surface area (Å²) in [6.07, 6.45) is 3.37. The van der Waals surface area contributed by atoms with E-state index in [4.69, 9.17) is 11.6 Å². The lowest BCUT2D eigenvalue weighted by atomic mass is 10.3. The largest absolute Gasteiger partial charge is 0.371 e. The number of aromatic nitrogens is 3. The van der Waals surface area contributed by atoms with E-state index in [0.29, 0.717) is 11.7 Å². The van der Waals surface area contributed by atoms with Crippen molar-refractivity contribution in [3.8, 4) is 0 Å². The van der Waals surface area contributed by atoms with Crippen molar-refractivity contribution in [3.05, 3.63) is 51.7 Å². The number of nitrogens with zero attached hydrogens (tertiary/aromatic N) is 4. The molecule has 0 amide bonds. The van der Waals surface area contributed by atoms with Crippen LogP contribution in [0.4, 0.5) is 5.69 Å². The highest BCUT2D eigenvalue weighted by atomic mass is 35.5. The molecule has 5 nitrogen and oxygen atoms in total. The quantitative estimate of drug-likeness (QED) is 0.793. The van der Waals surface area contributed by atoms with Gasteiger partial charge in [0.2, 0.25) is 0 Å². The summed E-state index contributed by atoms with van der Waals surface area (Å²) in [5.41, 5.74) is 1.62. The fourth-order valence-electron chi connectivity index (χ4n) is 1.98. The van der Waals surface area contributed by atoms with Crippen LogP contribution in [0.5, 0.6) is 0 Å².